The number of carboxylic acids is 1. The first-order valence-electron chi connectivity index (χ1n) is 21.9. The fourth-order valence-corrected chi connectivity index (χ4v) is 9.64. The highest BCUT2D eigenvalue weighted by Gasteiger charge is 2.37. The largest absolute Gasteiger partial charge is 0.496 e. The first-order chi connectivity index (χ1) is 32.6. The predicted octanol–water partition coefficient (Wildman–Crippen LogP) is 7.42. The number of hydrogen-bond acceptors (Lipinski definition) is 14. The molecule has 4 heterocycles. The van der Waals surface area contributed by atoms with Crippen LogP contribution in [0.5, 0.6) is 11.5 Å². The van der Waals surface area contributed by atoms with Gasteiger partial charge in [0.15, 0.2) is 11.6 Å². The summed E-state index contributed by atoms with van der Waals surface area (Å²) >= 11 is 11.8. The molecule has 6 aromatic rings. The molecule has 2 fully saturated rings. The zero-order valence-electron chi connectivity index (χ0n) is 38.6. The van der Waals surface area contributed by atoms with Crippen molar-refractivity contribution in [2.45, 2.75) is 38.0 Å². The van der Waals surface area contributed by atoms with E-state index in [1.807, 2.05) is 56.2 Å². The monoisotopic (exact) mass is 973 g/mol. The number of ether oxygens (including phenoxy) is 2. The highest BCUT2D eigenvalue weighted by molar-refractivity contribution is 6.31. The minimum Gasteiger partial charge on any atom is -0.496 e. The number of methoxy groups -OCH3 is 2. The second kappa shape index (κ2) is 21.9. The lowest BCUT2D eigenvalue weighted by Crippen LogP contribution is -2.48. The van der Waals surface area contributed by atoms with Gasteiger partial charge in [-0.1, -0.05) is 35.3 Å². The van der Waals surface area contributed by atoms with Gasteiger partial charge in [0.2, 0.25) is 5.91 Å². The van der Waals surface area contributed by atoms with Crippen LogP contribution in [0.4, 0.5) is 31.8 Å². The van der Waals surface area contributed by atoms with Crippen molar-refractivity contribution in [3.05, 3.63) is 106 Å². The van der Waals surface area contributed by atoms with Crippen LogP contribution in [0.25, 0.3) is 21.8 Å². The highest BCUT2D eigenvalue weighted by Crippen LogP contribution is 2.35. The molecule has 5 N–H and O–H groups in total. The van der Waals surface area contributed by atoms with Crippen molar-refractivity contribution in [3.63, 3.8) is 0 Å². The topological polar surface area (TPSA) is 187 Å². The van der Waals surface area contributed by atoms with Crippen LogP contribution in [0.2, 0.25) is 10.0 Å². The van der Waals surface area contributed by atoms with Gasteiger partial charge in [-0.05, 0) is 102 Å². The molecule has 0 aliphatic carbocycles. The lowest BCUT2D eigenvalue weighted by molar-refractivity contribution is -0.145. The van der Waals surface area contributed by atoms with Crippen molar-refractivity contribution in [3.8, 4) is 11.5 Å². The number of nitrogens with two attached hydrogens (primary N) is 1. The fraction of sp³-hybridized carbons (Fsp3) is 0.375. The normalized spacial score (nSPS) is 17.3. The molecule has 4 unspecified atom stereocenters. The molecule has 2 aliphatic heterocycles. The number of carbonyl (C=O) groups is 2. The highest BCUT2D eigenvalue weighted by atomic mass is 35.5. The molecular weight excluding hydrogens is 920 g/mol. The Labute approximate surface area is 403 Å². The standard InChI is InChI=1S/C24H28ClFN6O2.C24H27ClFN5O3/c1-31-8-7-14(11-31)22(23(27)33)32(2)12-15-9-16-19(10-20(15)34-3)28-13-29-24(16)30-18-6-4-5-17(25)21(18)26;1-30-8-7-14(11-30)22(24(32)33)31(2)12-15-9-16-19(10-20(15)34-3)27-13-28-23(16)29-18-6-4-5-17(25)21(18)26/h4-6,9-10,13-14,22H,7-8,11-12H2,1-3H3,(H2,27,33)(H,28,29,30);4-6,9-10,13-14,22H,7-8,11-12H2,1-3H3,(H,32,33)(H,27,28,29). The van der Waals surface area contributed by atoms with E-state index in [9.17, 15) is 23.5 Å². The van der Waals surface area contributed by atoms with Crippen molar-refractivity contribution in [1.82, 2.24) is 39.5 Å². The Morgan fingerprint density at radius 2 is 1.18 bits per heavy atom. The van der Waals surface area contributed by atoms with Crippen LogP contribution in [0.3, 0.4) is 0 Å². The first-order valence-corrected chi connectivity index (χ1v) is 22.7. The predicted molar refractivity (Wildman–Crippen MR) is 260 cm³/mol. The van der Waals surface area contributed by atoms with Gasteiger partial charge in [0.05, 0.1) is 52.7 Å². The zero-order chi connectivity index (χ0) is 48.8. The number of halogens is 4. The summed E-state index contributed by atoms with van der Waals surface area (Å²) in [6, 6.07) is 15.7. The number of aromatic nitrogens is 4. The number of likely N-dealkylation sites (tertiary alicyclic amines) is 2. The summed E-state index contributed by atoms with van der Waals surface area (Å²) in [5, 5.41) is 17.3. The van der Waals surface area contributed by atoms with Crippen molar-refractivity contribution in [2.75, 3.05) is 79.2 Å². The average Bonchev–Trinajstić information content (AvgIpc) is 3.93. The Bertz CT molecular complexity index is 2610. The van der Waals surface area contributed by atoms with Gasteiger partial charge in [-0.25, -0.2) is 28.7 Å². The summed E-state index contributed by atoms with van der Waals surface area (Å²) in [6.07, 6.45) is 4.53. The molecule has 1 amide bonds. The lowest BCUT2D eigenvalue weighted by Gasteiger charge is -2.30. The Morgan fingerprint density at radius 1 is 0.750 bits per heavy atom. The van der Waals surface area contributed by atoms with Gasteiger partial charge in [-0.2, -0.15) is 0 Å². The molecule has 360 valence electrons. The number of carboxylic acid groups (broad SMARTS) is 1. The molecule has 4 atom stereocenters. The number of amides is 1. The van der Waals surface area contributed by atoms with Gasteiger partial charge in [0.25, 0.3) is 0 Å². The molecule has 68 heavy (non-hydrogen) atoms. The van der Waals surface area contributed by atoms with Crippen LogP contribution in [0, 0.1) is 23.5 Å². The number of likely N-dealkylation sites (N-methyl/N-ethyl adjacent to an activating group) is 2. The summed E-state index contributed by atoms with van der Waals surface area (Å²) < 4.78 is 40.2. The Morgan fingerprint density at radius 3 is 1.56 bits per heavy atom. The number of rotatable bonds is 16. The van der Waals surface area contributed by atoms with E-state index in [-0.39, 0.29) is 39.2 Å². The first kappa shape index (κ1) is 49.9. The van der Waals surface area contributed by atoms with Crippen LogP contribution < -0.4 is 25.8 Å². The molecule has 0 radical (unpaired) electrons. The average molecular weight is 975 g/mol. The Kier molecular flexibility index (Phi) is 16.1. The molecule has 2 aliphatic rings. The molecule has 2 aromatic heterocycles. The number of hydrogen-bond donors (Lipinski definition) is 4. The maximum Gasteiger partial charge on any atom is 0.321 e. The maximum atomic E-state index is 14.5. The second-order valence-electron chi connectivity index (χ2n) is 17.3. The van der Waals surface area contributed by atoms with Crippen molar-refractivity contribution in [2.24, 2.45) is 17.6 Å². The van der Waals surface area contributed by atoms with Crippen LogP contribution >= 0.6 is 23.2 Å². The SMILES string of the molecule is COc1cc2ncnc(Nc3cccc(Cl)c3F)c2cc1CN(C)C(C(=O)O)C1CCN(C)C1.COc1cc2ncnc(Nc3cccc(Cl)c3F)c2cc1CN(C)C(C(N)=O)C1CCN(C)C1. The Balaban J connectivity index is 0.000000201. The third-order valence-electron chi connectivity index (χ3n) is 12.6. The zero-order valence-corrected chi connectivity index (χ0v) is 40.2. The van der Waals surface area contributed by atoms with Gasteiger partial charge in [0, 0.05) is 60.2 Å². The fourth-order valence-electron chi connectivity index (χ4n) is 9.29. The summed E-state index contributed by atoms with van der Waals surface area (Å²) in [5.41, 5.74) is 9.06. The number of fused-ring (bicyclic) bond motifs is 2. The molecule has 2 saturated heterocycles. The third-order valence-corrected chi connectivity index (χ3v) is 13.2. The number of anilines is 4. The quantitative estimate of drug-likeness (QED) is 0.0750. The number of primary amides is 1. The van der Waals surface area contributed by atoms with Crippen LogP contribution in [0.15, 0.2) is 73.3 Å². The lowest BCUT2D eigenvalue weighted by atomic mass is 9.96. The number of nitrogens with zero attached hydrogens (tertiary/aromatic N) is 8. The molecule has 20 heteroatoms. The van der Waals surface area contributed by atoms with E-state index in [2.05, 4.69) is 40.4 Å². The van der Waals surface area contributed by atoms with E-state index in [1.54, 1.807) is 44.6 Å². The van der Waals surface area contributed by atoms with Crippen LogP contribution in [-0.2, 0) is 22.7 Å². The minimum atomic E-state index is -0.843. The van der Waals surface area contributed by atoms with Gasteiger partial charge < -0.3 is 40.7 Å². The molecule has 4 aromatic carbocycles. The summed E-state index contributed by atoms with van der Waals surface area (Å²) in [5.74, 6) is -0.0720. The second-order valence-corrected chi connectivity index (χ2v) is 18.2. The van der Waals surface area contributed by atoms with E-state index in [4.69, 9.17) is 38.4 Å². The van der Waals surface area contributed by atoms with E-state index < -0.39 is 29.7 Å². The van der Waals surface area contributed by atoms with Crippen molar-refractivity contribution < 1.29 is 33.0 Å². The van der Waals surface area contributed by atoms with Crippen LogP contribution in [-0.4, -0.2) is 137 Å². The molecular formula is C48H55Cl2F2N11O5. The molecule has 16 nitrogen and oxygen atoms in total. The van der Waals surface area contributed by atoms with Gasteiger partial charge in [-0.3, -0.25) is 19.4 Å². The molecule has 0 bridgehead atoms. The summed E-state index contributed by atoms with van der Waals surface area (Å²) in [4.78, 5) is 49.9. The van der Waals surface area contributed by atoms with Gasteiger partial charge >= 0.3 is 5.97 Å². The molecule has 0 spiro atoms. The third kappa shape index (κ3) is 11.3. The van der Waals surface area contributed by atoms with E-state index in [0.29, 0.717) is 58.0 Å². The summed E-state index contributed by atoms with van der Waals surface area (Å²) in [7, 11) is 10.9. The molecule has 8 rings (SSSR count). The van der Waals surface area contributed by atoms with E-state index in [0.717, 1.165) is 50.1 Å². The van der Waals surface area contributed by atoms with Crippen molar-refractivity contribution in [1.29, 1.82) is 0 Å². The Hall–Kier alpha value is -6.02. The van der Waals surface area contributed by atoms with Gasteiger partial charge in [0.1, 0.15) is 41.8 Å². The molecule has 0 saturated carbocycles. The number of nitrogens with one attached hydrogen (secondary N) is 2. The smallest absolute Gasteiger partial charge is 0.321 e. The minimum absolute atomic E-state index is 0.00427. The number of carbonyl (C=O) groups excluding carboxylic acids is 1. The van der Waals surface area contributed by atoms with Gasteiger partial charge in [-0.15, -0.1) is 0 Å². The number of aliphatic carboxylic acids is 1. The van der Waals surface area contributed by atoms with Crippen LogP contribution in [0.1, 0.15) is 24.0 Å². The maximum absolute atomic E-state index is 14.5. The summed E-state index contributed by atoms with van der Waals surface area (Å²) in [6.45, 7) is 4.15. The number of benzene rings is 4. The van der Waals surface area contributed by atoms with E-state index in [1.165, 1.54) is 24.8 Å². The van der Waals surface area contributed by atoms with E-state index >= 15 is 0 Å². The van der Waals surface area contributed by atoms with Crippen molar-refractivity contribution >= 4 is 79.9 Å².